The van der Waals surface area contributed by atoms with Crippen molar-refractivity contribution in [2.75, 3.05) is 6.61 Å². The number of rotatable bonds is 4. The standard InChI is InChI=1S/C14H26N2O2/c1-11-4-2-7-14(8-11,10-17)16-12(18)9-13(15)5-3-6-13/h11,17H,2-10,15H2,1H3,(H,16,18). The summed E-state index contributed by atoms with van der Waals surface area (Å²) >= 11 is 0. The van der Waals surface area contributed by atoms with E-state index in [1.165, 1.54) is 6.42 Å². The van der Waals surface area contributed by atoms with E-state index in [1.54, 1.807) is 0 Å². The van der Waals surface area contributed by atoms with Gasteiger partial charge >= 0.3 is 0 Å². The molecule has 0 bridgehead atoms. The molecule has 2 saturated carbocycles. The van der Waals surface area contributed by atoms with Crippen LogP contribution in [0.5, 0.6) is 0 Å². The lowest BCUT2D eigenvalue weighted by Crippen LogP contribution is -2.57. The highest BCUT2D eigenvalue weighted by Gasteiger charge is 2.39. The van der Waals surface area contributed by atoms with Gasteiger partial charge in [0.05, 0.1) is 12.1 Å². The zero-order valence-electron chi connectivity index (χ0n) is 11.4. The van der Waals surface area contributed by atoms with Crippen molar-refractivity contribution < 1.29 is 9.90 Å². The normalized spacial score (nSPS) is 34.7. The van der Waals surface area contributed by atoms with Crippen molar-refractivity contribution in [3.8, 4) is 0 Å². The van der Waals surface area contributed by atoms with Crippen molar-refractivity contribution in [3.63, 3.8) is 0 Å². The third-order valence-corrected chi connectivity index (χ3v) is 4.66. The van der Waals surface area contributed by atoms with E-state index in [0.29, 0.717) is 12.3 Å². The quantitative estimate of drug-likeness (QED) is 0.708. The second-order valence-corrected chi connectivity index (χ2v) is 6.58. The number of nitrogens with two attached hydrogens (primary N) is 1. The van der Waals surface area contributed by atoms with E-state index in [2.05, 4.69) is 12.2 Å². The number of hydrogen-bond donors (Lipinski definition) is 3. The Bertz CT molecular complexity index is 315. The highest BCUT2D eigenvalue weighted by molar-refractivity contribution is 5.78. The second kappa shape index (κ2) is 5.17. The number of amides is 1. The fourth-order valence-corrected chi connectivity index (χ4v) is 3.42. The largest absolute Gasteiger partial charge is 0.394 e. The van der Waals surface area contributed by atoms with Crippen molar-refractivity contribution in [2.24, 2.45) is 11.7 Å². The van der Waals surface area contributed by atoms with Crippen molar-refractivity contribution in [1.29, 1.82) is 0 Å². The number of carbonyl (C=O) groups is 1. The van der Waals surface area contributed by atoms with E-state index >= 15 is 0 Å². The summed E-state index contributed by atoms with van der Waals surface area (Å²) in [6.07, 6.45) is 7.47. The zero-order valence-corrected chi connectivity index (χ0v) is 11.4. The molecule has 2 rings (SSSR count). The molecule has 18 heavy (non-hydrogen) atoms. The first-order chi connectivity index (χ1) is 8.47. The molecule has 0 heterocycles. The predicted molar refractivity (Wildman–Crippen MR) is 71.0 cm³/mol. The van der Waals surface area contributed by atoms with Gasteiger partial charge in [0.25, 0.3) is 0 Å². The van der Waals surface area contributed by atoms with Crippen LogP contribution in [-0.2, 0) is 4.79 Å². The fraction of sp³-hybridized carbons (Fsp3) is 0.929. The van der Waals surface area contributed by atoms with E-state index in [-0.39, 0.29) is 18.1 Å². The van der Waals surface area contributed by atoms with Crippen LogP contribution < -0.4 is 11.1 Å². The van der Waals surface area contributed by atoms with E-state index in [1.807, 2.05) is 0 Å². The van der Waals surface area contributed by atoms with Gasteiger partial charge in [-0.1, -0.05) is 19.8 Å². The summed E-state index contributed by atoms with van der Waals surface area (Å²) in [4.78, 5) is 12.1. The number of aliphatic hydroxyl groups excluding tert-OH is 1. The molecule has 2 unspecified atom stereocenters. The van der Waals surface area contributed by atoms with E-state index in [9.17, 15) is 9.90 Å². The van der Waals surface area contributed by atoms with Crippen molar-refractivity contribution in [3.05, 3.63) is 0 Å². The maximum absolute atomic E-state index is 12.1. The molecule has 0 saturated heterocycles. The summed E-state index contributed by atoms with van der Waals surface area (Å²) in [5.74, 6) is 0.585. The molecule has 0 aliphatic heterocycles. The van der Waals surface area contributed by atoms with Crippen LogP contribution in [0.25, 0.3) is 0 Å². The highest BCUT2D eigenvalue weighted by Crippen LogP contribution is 2.34. The Morgan fingerprint density at radius 2 is 2.11 bits per heavy atom. The number of aliphatic hydroxyl groups is 1. The minimum Gasteiger partial charge on any atom is -0.394 e. The molecule has 0 aromatic heterocycles. The Morgan fingerprint density at radius 3 is 2.61 bits per heavy atom. The number of hydrogen-bond acceptors (Lipinski definition) is 3. The lowest BCUT2D eigenvalue weighted by molar-refractivity contribution is -0.126. The Labute approximate surface area is 109 Å². The van der Waals surface area contributed by atoms with Gasteiger partial charge in [0.1, 0.15) is 0 Å². The van der Waals surface area contributed by atoms with Gasteiger partial charge in [0.15, 0.2) is 0 Å². The topological polar surface area (TPSA) is 75.3 Å². The Morgan fingerprint density at radius 1 is 1.39 bits per heavy atom. The van der Waals surface area contributed by atoms with Crippen LogP contribution in [-0.4, -0.2) is 28.7 Å². The van der Waals surface area contributed by atoms with Crippen LogP contribution in [0.3, 0.4) is 0 Å². The van der Waals surface area contributed by atoms with Crippen molar-refractivity contribution in [1.82, 2.24) is 5.32 Å². The zero-order chi connectivity index (χ0) is 13.2. The average Bonchev–Trinajstić information content (AvgIpc) is 2.26. The summed E-state index contributed by atoms with van der Waals surface area (Å²) < 4.78 is 0. The summed E-state index contributed by atoms with van der Waals surface area (Å²) in [5, 5.41) is 12.7. The number of carbonyl (C=O) groups excluding carboxylic acids is 1. The van der Waals surface area contributed by atoms with Crippen LogP contribution in [0, 0.1) is 5.92 Å². The average molecular weight is 254 g/mol. The Kier molecular flexibility index (Phi) is 3.97. The van der Waals surface area contributed by atoms with Gasteiger partial charge in [0.2, 0.25) is 5.91 Å². The Balaban J connectivity index is 1.90. The SMILES string of the molecule is CC1CCCC(CO)(NC(=O)CC2(N)CCC2)C1. The summed E-state index contributed by atoms with van der Waals surface area (Å²) in [5.41, 5.74) is 5.43. The van der Waals surface area contributed by atoms with Gasteiger partial charge in [-0.15, -0.1) is 0 Å². The fourth-order valence-electron chi connectivity index (χ4n) is 3.42. The summed E-state index contributed by atoms with van der Waals surface area (Å²) in [6.45, 7) is 2.23. The minimum atomic E-state index is -0.394. The molecule has 2 aliphatic rings. The molecule has 0 spiro atoms. The molecule has 4 heteroatoms. The highest BCUT2D eigenvalue weighted by atomic mass is 16.3. The predicted octanol–water partition coefficient (Wildman–Crippen LogP) is 1.32. The molecular formula is C14H26N2O2. The first kappa shape index (κ1) is 13.8. The van der Waals surface area contributed by atoms with Crippen LogP contribution in [0.15, 0.2) is 0 Å². The molecule has 104 valence electrons. The first-order valence-electron chi connectivity index (χ1n) is 7.18. The van der Waals surface area contributed by atoms with Gasteiger partial charge in [-0.05, 0) is 38.0 Å². The van der Waals surface area contributed by atoms with Gasteiger partial charge < -0.3 is 16.2 Å². The van der Waals surface area contributed by atoms with Gasteiger partial charge in [-0.2, -0.15) is 0 Å². The van der Waals surface area contributed by atoms with Crippen LogP contribution >= 0.6 is 0 Å². The molecule has 2 aliphatic carbocycles. The molecule has 4 N–H and O–H groups in total. The third-order valence-electron chi connectivity index (χ3n) is 4.66. The first-order valence-corrected chi connectivity index (χ1v) is 7.18. The maximum atomic E-state index is 12.1. The molecule has 0 aromatic rings. The van der Waals surface area contributed by atoms with Gasteiger partial charge in [-0.25, -0.2) is 0 Å². The molecular weight excluding hydrogens is 228 g/mol. The van der Waals surface area contributed by atoms with Crippen molar-refractivity contribution in [2.45, 2.75) is 69.4 Å². The van der Waals surface area contributed by atoms with Gasteiger partial charge in [-0.3, -0.25) is 4.79 Å². The summed E-state index contributed by atoms with van der Waals surface area (Å²) in [6, 6.07) is 0. The minimum absolute atomic E-state index is 0.0142. The molecule has 4 nitrogen and oxygen atoms in total. The molecule has 0 aromatic carbocycles. The smallest absolute Gasteiger partial charge is 0.222 e. The lowest BCUT2D eigenvalue weighted by atomic mass is 9.74. The molecule has 2 atom stereocenters. The lowest BCUT2D eigenvalue weighted by Gasteiger charge is -2.42. The molecule has 0 radical (unpaired) electrons. The summed E-state index contributed by atoms with van der Waals surface area (Å²) in [7, 11) is 0. The monoisotopic (exact) mass is 254 g/mol. The molecule has 1 amide bonds. The van der Waals surface area contributed by atoms with Crippen LogP contribution in [0.4, 0.5) is 0 Å². The van der Waals surface area contributed by atoms with Crippen LogP contribution in [0.1, 0.15) is 58.3 Å². The van der Waals surface area contributed by atoms with Gasteiger partial charge in [0, 0.05) is 12.0 Å². The third kappa shape index (κ3) is 3.04. The maximum Gasteiger partial charge on any atom is 0.222 e. The Hall–Kier alpha value is -0.610. The molecule has 2 fully saturated rings. The van der Waals surface area contributed by atoms with E-state index in [0.717, 1.165) is 38.5 Å². The van der Waals surface area contributed by atoms with E-state index < -0.39 is 5.54 Å². The van der Waals surface area contributed by atoms with Crippen molar-refractivity contribution >= 4 is 5.91 Å². The number of nitrogens with one attached hydrogen (secondary N) is 1. The second-order valence-electron chi connectivity index (χ2n) is 6.58. The van der Waals surface area contributed by atoms with E-state index in [4.69, 9.17) is 5.73 Å². The van der Waals surface area contributed by atoms with Crippen LogP contribution in [0.2, 0.25) is 0 Å².